The Morgan fingerprint density at radius 2 is 1.86 bits per heavy atom. The van der Waals surface area contributed by atoms with Crippen molar-refractivity contribution in [3.8, 4) is 23.0 Å². The van der Waals surface area contributed by atoms with Crippen LogP contribution in [0.2, 0.25) is 0 Å². The van der Waals surface area contributed by atoms with Gasteiger partial charge in [-0.25, -0.2) is 0 Å². The van der Waals surface area contributed by atoms with Crippen molar-refractivity contribution in [2.45, 2.75) is 13.0 Å². The van der Waals surface area contributed by atoms with Crippen molar-refractivity contribution >= 4 is 11.3 Å². The number of rotatable bonds is 0. The Morgan fingerprint density at radius 1 is 1.05 bits per heavy atom. The summed E-state index contributed by atoms with van der Waals surface area (Å²) < 4.78 is 11.6. The maximum absolute atomic E-state index is 10.7. The predicted octanol–water partition coefficient (Wildman–Crippen LogP) is 2.99. The van der Waals surface area contributed by atoms with Crippen molar-refractivity contribution in [2.75, 3.05) is 6.61 Å². The fourth-order valence-corrected chi connectivity index (χ4v) is 2.96. The minimum Gasteiger partial charge on any atom is -0.508 e. The number of fused-ring (bicyclic) bond motifs is 4. The van der Waals surface area contributed by atoms with Crippen LogP contribution in [0.3, 0.4) is 0 Å². The van der Waals surface area contributed by atoms with E-state index in [-0.39, 0.29) is 23.9 Å². The number of benzene rings is 2. The molecule has 1 atom stereocenters. The van der Waals surface area contributed by atoms with Gasteiger partial charge in [0.25, 0.3) is 0 Å². The molecule has 0 saturated heterocycles. The first-order valence-corrected chi connectivity index (χ1v) is 6.95. The zero-order chi connectivity index (χ0) is 15.4. The number of phenolic OH excluding ortho intramolecular Hbond substituents is 2. The molecule has 0 fully saturated rings. The third kappa shape index (κ3) is 1.65. The maximum atomic E-state index is 10.7. The largest absolute Gasteiger partial charge is 0.508 e. The summed E-state index contributed by atoms with van der Waals surface area (Å²) in [4.78, 5) is 0. The highest BCUT2D eigenvalue weighted by atomic mass is 16.5. The fourth-order valence-electron chi connectivity index (χ4n) is 2.96. The summed E-state index contributed by atoms with van der Waals surface area (Å²) >= 11 is 0. The molecular weight excluding hydrogens is 284 g/mol. The molecule has 2 aromatic rings. The Balaban J connectivity index is 1.99. The molecule has 4 rings (SSSR count). The molecule has 5 nitrogen and oxygen atoms in total. The number of ether oxygens (including phenoxy) is 2. The van der Waals surface area contributed by atoms with Crippen molar-refractivity contribution < 1.29 is 24.8 Å². The standard InChI is InChI=1S/C17H14O5/c1-8-12(19)4-3-10-16(20)15-11-6-9(18)2-5-13(11)21-7-14(15)22-17(8)10/h2-6,14,18-20H,7H2,1H3. The molecule has 2 heterocycles. The highest BCUT2D eigenvalue weighted by molar-refractivity contribution is 5.95. The Labute approximate surface area is 126 Å². The second kappa shape index (κ2) is 4.34. The van der Waals surface area contributed by atoms with Gasteiger partial charge in [0.05, 0.1) is 5.56 Å². The van der Waals surface area contributed by atoms with Gasteiger partial charge < -0.3 is 24.8 Å². The summed E-state index contributed by atoms with van der Waals surface area (Å²) in [5.74, 6) is 1.35. The summed E-state index contributed by atoms with van der Waals surface area (Å²) in [7, 11) is 0. The van der Waals surface area contributed by atoms with E-state index in [0.717, 1.165) is 0 Å². The molecule has 3 N–H and O–H groups in total. The van der Waals surface area contributed by atoms with E-state index in [9.17, 15) is 15.3 Å². The molecule has 112 valence electrons. The van der Waals surface area contributed by atoms with Gasteiger partial charge in [0, 0.05) is 16.7 Å². The van der Waals surface area contributed by atoms with E-state index in [0.29, 0.717) is 33.8 Å². The van der Waals surface area contributed by atoms with Crippen molar-refractivity contribution in [1.29, 1.82) is 0 Å². The molecule has 0 bridgehead atoms. The van der Waals surface area contributed by atoms with Gasteiger partial charge in [-0.3, -0.25) is 0 Å². The van der Waals surface area contributed by atoms with E-state index in [1.165, 1.54) is 12.1 Å². The Morgan fingerprint density at radius 3 is 2.68 bits per heavy atom. The average Bonchev–Trinajstić information content (AvgIpc) is 2.51. The van der Waals surface area contributed by atoms with E-state index in [4.69, 9.17) is 9.47 Å². The first kappa shape index (κ1) is 12.9. The highest BCUT2D eigenvalue weighted by Gasteiger charge is 2.36. The average molecular weight is 298 g/mol. The Kier molecular flexibility index (Phi) is 2.54. The number of hydrogen-bond donors (Lipinski definition) is 3. The van der Waals surface area contributed by atoms with E-state index in [1.807, 2.05) is 0 Å². The normalized spacial score (nSPS) is 18.7. The van der Waals surface area contributed by atoms with Crippen LogP contribution in [-0.4, -0.2) is 28.0 Å². The lowest BCUT2D eigenvalue weighted by Crippen LogP contribution is -2.33. The summed E-state index contributed by atoms with van der Waals surface area (Å²) in [6, 6.07) is 7.90. The zero-order valence-corrected chi connectivity index (χ0v) is 11.8. The second-order valence-electron chi connectivity index (χ2n) is 5.45. The first-order valence-electron chi connectivity index (χ1n) is 6.95. The summed E-state index contributed by atoms with van der Waals surface area (Å²) in [6.45, 7) is 1.99. The van der Waals surface area contributed by atoms with Gasteiger partial charge in [0.15, 0.2) is 6.10 Å². The van der Waals surface area contributed by atoms with Crippen molar-refractivity contribution in [3.63, 3.8) is 0 Å². The smallest absolute Gasteiger partial charge is 0.162 e. The number of aliphatic hydroxyl groups is 1. The fraction of sp³-hybridized carbons (Fsp3) is 0.176. The third-order valence-corrected chi connectivity index (χ3v) is 4.11. The van der Waals surface area contributed by atoms with Gasteiger partial charge in [0.1, 0.15) is 35.4 Å². The van der Waals surface area contributed by atoms with Crippen molar-refractivity contribution in [2.24, 2.45) is 0 Å². The van der Waals surface area contributed by atoms with Gasteiger partial charge in [-0.1, -0.05) is 0 Å². The minimum absolute atomic E-state index is 0.0875. The quantitative estimate of drug-likeness (QED) is 0.697. The van der Waals surface area contributed by atoms with Crippen LogP contribution in [0, 0.1) is 6.92 Å². The monoisotopic (exact) mass is 298 g/mol. The van der Waals surface area contributed by atoms with Crippen LogP contribution in [0.1, 0.15) is 16.7 Å². The second-order valence-corrected chi connectivity index (χ2v) is 5.45. The van der Waals surface area contributed by atoms with Gasteiger partial charge in [-0.05, 0) is 37.3 Å². The van der Waals surface area contributed by atoms with Crippen molar-refractivity contribution in [1.82, 2.24) is 0 Å². The highest BCUT2D eigenvalue weighted by Crippen LogP contribution is 2.47. The predicted molar refractivity (Wildman–Crippen MR) is 80.3 cm³/mol. The van der Waals surface area contributed by atoms with E-state index in [2.05, 4.69) is 0 Å². The van der Waals surface area contributed by atoms with Crippen LogP contribution in [-0.2, 0) is 0 Å². The molecule has 0 amide bonds. The Bertz CT molecular complexity index is 822. The minimum atomic E-state index is -0.484. The van der Waals surface area contributed by atoms with E-state index >= 15 is 0 Å². The molecule has 0 radical (unpaired) electrons. The van der Waals surface area contributed by atoms with Gasteiger partial charge in [-0.2, -0.15) is 0 Å². The molecule has 1 unspecified atom stereocenters. The first-order chi connectivity index (χ1) is 10.6. The summed E-state index contributed by atoms with van der Waals surface area (Å²) in [6.07, 6.45) is -0.484. The lowest BCUT2D eigenvalue weighted by molar-refractivity contribution is 0.154. The molecule has 2 aromatic carbocycles. The molecule has 0 aromatic heterocycles. The molecule has 0 spiro atoms. The third-order valence-electron chi connectivity index (χ3n) is 4.11. The topological polar surface area (TPSA) is 79.2 Å². The van der Waals surface area contributed by atoms with Crippen LogP contribution >= 0.6 is 0 Å². The lowest BCUT2D eigenvalue weighted by Gasteiger charge is -2.34. The summed E-state index contributed by atoms with van der Waals surface area (Å²) in [5.41, 5.74) is 2.31. The van der Waals surface area contributed by atoms with Gasteiger partial charge >= 0.3 is 0 Å². The molecule has 5 heteroatoms. The number of phenols is 2. The van der Waals surface area contributed by atoms with E-state index < -0.39 is 6.10 Å². The number of hydrogen-bond acceptors (Lipinski definition) is 5. The number of aromatic hydroxyl groups is 2. The van der Waals surface area contributed by atoms with Crippen molar-refractivity contribution in [3.05, 3.63) is 47.0 Å². The van der Waals surface area contributed by atoms with Gasteiger partial charge in [0.2, 0.25) is 0 Å². The van der Waals surface area contributed by atoms with E-state index in [1.54, 1.807) is 25.1 Å². The maximum Gasteiger partial charge on any atom is 0.162 e. The van der Waals surface area contributed by atoms with Crippen LogP contribution in [0.15, 0.2) is 30.3 Å². The van der Waals surface area contributed by atoms with Crippen LogP contribution < -0.4 is 9.47 Å². The Hall–Kier alpha value is -2.82. The molecule has 22 heavy (non-hydrogen) atoms. The molecule has 2 aliphatic heterocycles. The summed E-state index contributed by atoms with van der Waals surface area (Å²) in [5, 5.41) is 30.2. The molecule has 0 aliphatic carbocycles. The van der Waals surface area contributed by atoms with Crippen LogP contribution in [0.4, 0.5) is 0 Å². The number of aliphatic hydroxyl groups excluding tert-OH is 1. The zero-order valence-electron chi connectivity index (χ0n) is 11.8. The molecule has 2 aliphatic rings. The lowest BCUT2D eigenvalue weighted by atomic mass is 9.90. The van der Waals surface area contributed by atoms with Crippen LogP contribution in [0.25, 0.3) is 11.3 Å². The van der Waals surface area contributed by atoms with Crippen LogP contribution in [0.5, 0.6) is 23.0 Å². The molecular formula is C17H14O5. The van der Waals surface area contributed by atoms with Gasteiger partial charge in [-0.15, -0.1) is 0 Å². The SMILES string of the molecule is Cc1c(O)ccc2c1OC1COc3ccc(O)cc3C1=C2O. The molecule has 0 saturated carbocycles.